The van der Waals surface area contributed by atoms with E-state index in [4.69, 9.17) is 9.47 Å². The number of hydrogen-bond donors (Lipinski definition) is 1. The smallest absolute Gasteiger partial charge is 0.253 e. The number of benzene rings is 2. The summed E-state index contributed by atoms with van der Waals surface area (Å²) < 4.78 is 10.9. The summed E-state index contributed by atoms with van der Waals surface area (Å²) in [4.78, 5) is 21.1. The van der Waals surface area contributed by atoms with E-state index in [1.54, 1.807) is 14.2 Å². The lowest BCUT2D eigenvalue weighted by Gasteiger charge is -2.20. The third-order valence-corrected chi connectivity index (χ3v) is 6.34. The molecule has 0 atom stereocenters. The first-order valence-corrected chi connectivity index (χ1v) is 11.3. The molecule has 6 heteroatoms. The van der Waals surface area contributed by atoms with E-state index in [-0.39, 0.29) is 11.8 Å². The fraction of sp³-hybridized carbons (Fsp3) is 0.423. The SMILES string of the molecule is COc1ccc(-c2[nH]c3ccc(C(=O)N4CCCN(C)CC4)cc3c2C(C)C)cc1OC. The molecule has 1 amide bonds. The average Bonchev–Trinajstić information content (AvgIpc) is 3.05. The highest BCUT2D eigenvalue weighted by Gasteiger charge is 2.22. The number of aromatic nitrogens is 1. The van der Waals surface area contributed by atoms with Crippen LogP contribution in [0, 0.1) is 0 Å². The zero-order chi connectivity index (χ0) is 22.8. The Morgan fingerprint density at radius 3 is 2.47 bits per heavy atom. The Balaban J connectivity index is 1.76. The first-order chi connectivity index (χ1) is 15.4. The Morgan fingerprint density at radius 2 is 1.75 bits per heavy atom. The van der Waals surface area contributed by atoms with Crippen LogP contribution in [0.2, 0.25) is 0 Å². The van der Waals surface area contributed by atoms with Gasteiger partial charge in [0.2, 0.25) is 0 Å². The van der Waals surface area contributed by atoms with Gasteiger partial charge in [0.05, 0.1) is 19.9 Å². The van der Waals surface area contributed by atoms with Crippen molar-refractivity contribution in [1.82, 2.24) is 14.8 Å². The van der Waals surface area contributed by atoms with Gasteiger partial charge in [-0.15, -0.1) is 0 Å². The Hall–Kier alpha value is -2.99. The van der Waals surface area contributed by atoms with Crippen molar-refractivity contribution >= 4 is 16.8 Å². The number of methoxy groups -OCH3 is 2. The van der Waals surface area contributed by atoms with Crippen molar-refractivity contribution in [2.75, 3.05) is 47.4 Å². The van der Waals surface area contributed by atoms with Crippen molar-refractivity contribution in [3.8, 4) is 22.8 Å². The molecule has 0 aliphatic carbocycles. The van der Waals surface area contributed by atoms with Gasteiger partial charge in [-0.3, -0.25) is 4.79 Å². The Morgan fingerprint density at radius 1 is 0.969 bits per heavy atom. The van der Waals surface area contributed by atoms with E-state index in [0.717, 1.165) is 60.3 Å². The van der Waals surface area contributed by atoms with Crippen LogP contribution >= 0.6 is 0 Å². The number of ether oxygens (including phenoxy) is 2. The van der Waals surface area contributed by atoms with Crippen molar-refractivity contribution in [1.29, 1.82) is 0 Å². The second-order valence-corrected chi connectivity index (χ2v) is 8.85. The van der Waals surface area contributed by atoms with Crippen LogP contribution in [0.15, 0.2) is 36.4 Å². The van der Waals surface area contributed by atoms with E-state index in [0.29, 0.717) is 11.5 Å². The molecule has 170 valence electrons. The van der Waals surface area contributed by atoms with E-state index in [1.165, 1.54) is 5.56 Å². The van der Waals surface area contributed by atoms with Crippen LogP contribution in [-0.4, -0.2) is 68.1 Å². The maximum Gasteiger partial charge on any atom is 0.253 e. The molecule has 4 rings (SSSR count). The minimum atomic E-state index is 0.116. The van der Waals surface area contributed by atoms with Crippen molar-refractivity contribution in [2.45, 2.75) is 26.2 Å². The van der Waals surface area contributed by atoms with Gasteiger partial charge >= 0.3 is 0 Å². The van der Waals surface area contributed by atoms with Gasteiger partial charge < -0.3 is 24.3 Å². The summed E-state index contributed by atoms with van der Waals surface area (Å²) in [6, 6.07) is 12.0. The number of hydrogen-bond acceptors (Lipinski definition) is 4. The topological polar surface area (TPSA) is 57.8 Å². The van der Waals surface area contributed by atoms with Crippen molar-refractivity contribution in [3.63, 3.8) is 0 Å². The van der Waals surface area contributed by atoms with Gasteiger partial charge in [-0.25, -0.2) is 0 Å². The summed E-state index contributed by atoms with van der Waals surface area (Å²) in [5.41, 5.74) is 5.08. The Labute approximate surface area is 190 Å². The molecule has 1 N–H and O–H groups in total. The normalized spacial score (nSPS) is 15.2. The largest absolute Gasteiger partial charge is 0.493 e. The molecule has 1 saturated heterocycles. The molecule has 3 aromatic rings. The van der Waals surface area contributed by atoms with Crippen LogP contribution in [0.1, 0.15) is 42.1 Å². The minimum absolute atomic E-state index is 0.116. The van der Waals surface area contributed by atoms with Crippen LogP contribution < -0.4 is 9.47 Å². The van der Waals surface area contributed by atoms with Crippen LogP contribution in [0.3, 0.4) is 0 Å². The van der Waals surface area contributed by atoms with Gasteiger partial charge in [-0.1, -0.05) is 13.8 Å². The van der Waals surface area contributed by atoms with Gasteiger partial charge in [0, 0.05) is 41.7 Å². The van der Waals surface area contributed by atoms with Crippen LogP contribution in [0.4, 0.5) is 0 Å². The molecule has 1 fully saturated rings. The predicted octanol–water partition coefficient (Wildman–Crippen LogP) is 4.75. The predicted molar refractivity (Wildman–Crippen MR) is 129 cm³/mol. The number of likely N-dealkylation sites (N-methyl/N-ethyl adjacent to an activating group) is 1. The molecule has 0 spiro atoms. The molecular formula is C26H33N3O3. The highest BCUT2D eigenvalue weighted by atomic mass is 16.5. The summed E-state index contributed by atoms with van der Waals surface area (Å²) in [5.74, 6) is 1.80. The van der Waals surface area contributed by atoms with Crippen molar-refractivity contribution in [3.05, 3.63) is 47.5 Å². The molecule has 0 saturated carbocycles. The summed E-state index contributed by atoms with van der Waals surface area (Å²) in [6.07, 6.45) is 1.01. The minimum Gasteiger partial charge on any atom is -0.493 e. The van der Waals surface area contributed by atoms with Crippen LogP contribution in [0.25, 0.3) is 22.2 Å². The van der Waals surface area contributed by atoms with Gasteiger partial charge in [0.1, 0.15) is 0 Å². The highest BCUT2D eigenvalue weighted by Crippen LogP contribution is 2.39. The Kier molecular flexibility index (Phi) is 6.42. The zero-order valence-corrected chi connectivity index (χ0v) is 19.7. The van der Waals surface area contributed by atoms with Gasteiger partial charge in [0.15, 0.2) is 11.5 Å². The van der Waals surface area contributed by atoms with Crippen LogP contribution in [0.5, 0.6) is 11.5 Å². The number of carbonyl (C=O) groups is 1. The lowest BCUT2D eigenvalue weighted by molar-refractivity contribution is 0.0763. The van der Waals surface area contributed by atoms with Gasteiger partial charge in [0.25, 0.3) is 5.91 Å². The molecule has 32 heavy (non-hydrogen) atoms. The number of amides is 1. The molecule has 6 nitrogen and oxygen atoms in total. The van der Waals surface area contributed by atoms with Gasteiger partial charge in [-0.05, 0) is 67.9 Å². The summed E-state index contributed by atoms with van der Waals surface area (Å²) in [7, 11) is 5.40. The third-order valence-electron chi connectivity index (χ3n) is 6.34. The highest BCUT2D eigenvalue weighted by molar-refractivity contribution is 6.00. The number of carbonyl (C=O) groups excluding carboxylic acids is 1. The Bertz CT molecular complexity index is 1120. The zero-order valence-electron chi connectivity index (χ0n) is 19.7. The lowest BCUT2D eigenvalue weighted by Crippen LogP contribution is -2.34. The quantitative estimate of drug-likeness (QED) is 0.628. The number of H-pyrrole nitrogens is 1. The fourth-order valence-corrected chi connectivity index (χ4v) is 4.60. The summed E-state index contributed by atoms with van der Waals surface area (Å²) >= 11 is 0. The molecule has 2 heterocycles. The van der Waals surface area contributed by atoms with Crippen LogP contribution in [-0.2, 0) is 0 Å². The molecule has 1 aliphatic heterocycles. The molecule has 2 aromatic carbocycles. The third kappa shape index (κ3) is 4.19. The number of nitrogens with zero attached hydrogens (tertiary/aromatic N) is 2. The van der Waals surface area contributed by atoms with E-state index >= 15 is 0 Å². The van der Waals surface area contributed by atoms with E-state index < -0.39 is 0 Å². The standard InChI is InChI=1S/C26H33N3O3/c1-17(2)24-20-15-19(26(30)29-12-6-11-28(3)13-14-29)7-9-21(20)27-25(24)18-8-10-22(31-4)23(16-18)32-5/h7-10,15-17,27H,6,11-14H2,1-5H3. The maximum atomic E-state index is 13.3. The first kappa shape index (κ1) is 22.2. The number of rotatable bonds is 5. The second-order valence-electron chi connectivity index (χ2n) is 8.85. The van der Waals surface area contributed by atoms with E-state index in [9.17, 15) is 4.79 Å². The van der Waals surface area contributed by atoms with E-state index in [2.05, 4.69) is 36.8 Å². The van der Waals surface area contributed by atoms with Crippen molar-refractivity contribution in [2.24, 2.45) is 0 Å². The molecular weight excluding hydrogens is 402 g/mol. The molecule has 1 aromatic heterocycles. The number of fused-ring (bicyclic) bond motifs is 1. The monoisotopic (exact) mass is 435 g/mol. The lowest BCUT2D eigenvalue weighted by atomic mass is 9.95. The molecule has 0 bridgehead atoms. The number of nitrogens with one attached hydrogen (secondary N) is 1. The second kappa shape index (κ2) is 9.25. The maximum absolute atomic E-state index is 13.3. The van der Waals surface area contributed by atoms with Gasteiger partial charge in [-0.2, -0.15) is 0 Å². The molecule has 0 unspecified atom stereocenters. The average molecular weight is 436 g/mol. The van der Waals surface area contributed by atoms with E-state index in [1.807, 2.05) is 35.2 Å². The molecule has 1 aliphatic rings. The van der Waals surface area contributed by atoms with Crippen molar-refractivity contribution < 1.29 is 14.3 Å². The number of aromatic amines is 1. The molecule has 0 radical (unpaired) electrons. The summed E-state index contributed by atoms with van der Waals surface area (Å²) in [5, 5.41) is 1.10. The first-order valence-electron chi connectivity index (χ1n) is 11.3. The summed E-state index contributed by atoms with van der Waals surface area (Å²) in [6.45, 7) is 7.90. The fourth-order valence-electron chi connectivity index (χ4n) is 4.60.